The van der Waals surface area contributed by atoms with Gasteiger partial charge in [-0.1, -0.05) is 30.3 Å². The third-order valence-corrected chi connectivity index (χ3v) is 2.65. The zero-order valence-electron chi connectivity index (χ0n) is 9.71. The summed E-state index contributed by atoms with van der Waals surface area (Å²) in [5.41, 5.74) is 1.18. The van der Waals surface area contributed by atoms with Gasteiger partial charge in [-0.15, -0.1) is 0 Å². The maximum atomic E-state index is 9.19. The van der Waals surface area contributed by atoms with Crippen LogP contribution in [0.15, 0.2) is 53.1 Å². The summed E-state index contributed by atoms with van der Waals surface area (Å²) in [6, 6.07) is 15.6. The highest BCUT2D eigenvalue weighted by atomic mass is 16.3. The highest BCUT2D eigenvalue weighted by molar-refractivity contribution is 5.17. The third-order valence-electron chi connectivity index (χ3n) is 2.65. The Bertz CT molecular complexity index is 485. The zero-order valence-corrected chi connectivity index (χ0v) is 9.71. The van der Waals surface area contributed by atoms with Crippen molar-refractivity contribution in [2.75, 3.05) is 7.05 Å². The van der Waals surface area contributed by atoms with Gasteiger partial charge in [0.2, 0.25) is 0 Å². The molecule has 0 spiro atoms. The van der Waals surface area contributed by atoms with Gasteiger partial charge in [0.1, 0.15) is 5.76 Å². The number of hydrogen-bond acceptors (Lipinski definition) is 3. The monoisotopic (exact) mass is 226 g/mol. The average Bonchev–Trinajstić information content (AvgIpc) is 2.85. The second kappa shape index (κ2) is 5.33. The van der Waals surface area contributed by atoms with E-state index in [4.69, 9.17) is 4.42 Å². The van der Waals surface area contributed by atoms with Gasteiger partial charge in [-0.05, 0) is 24.7 Å². The van der Waals surface area contributed by atoms with Crippen LogP contribution in [-0.4, -0.2) is 11.9 Å². The summed E-state index contributed by atoms with van der Waals surface area (Å²) in [5, 5.41) is 9.19. The van der Waals surface area contributed by atoms with Crippen LogP contribution >= 0.6 is 0 Å². The predicted octanol–water partition coefficient (Wildman–Crippen LogP) is 2.98. The van der Waals surface area contributed by atoms with Crippen molar-refractivity contribution in [3.63, 3.8) is 0 Å². The van der Waals surface area contributed by atoms with E-state index in [0.29, 0.717) is 5.76 Å². The second-order valence-electron chi connectivity index (χ2n) is 3.95. The molecule has 0 unspecified atom stereocenters. The quantitative estimate of drug-likeness (QED) is 0.804. The van der Waals surface area contributed by atoms with E-state index in [1.54, 1.807) is 12.3 Å². The van der Waals surface area contributed by atoms with Crippen LogP contribution in [-0.2, 0) is 6.54 Å². The number of rotatable bonds is 4. The molecule has 3 nitrogen and oxygen atoms in total. The second-order valence-corrected chi connectivity index (χ2v) is 3.95. The van der Waals surface area contributed by atoms with Gasteiger partial charge < -0.3 is 4.42 Å². The molecule has 17 heavy (non-hydrogen) atoms. The Kier molecular flexibility index (Phi) is 3.59. The molecule has 0 N–H and O–H groups in total. The molecule has 0 fully saturated rings. The first-order valence-corrected chi connectivity index (χ1v) is 5.48. The lowest BCUT2D eigenvalue weighted by Gasteiger charge is -2.20. The zero-order chi connectivity index (χ0) is 12.1. The summed E-state index contributed by atoms with van der Waals surface area (Å²) in [4.78, 5) is 1.97. The maximum Gasteiger partial charge on any atom is 0.156 e. The summed E-state index contributed by atoms with van der Waals surface area (Å²) < 4.78 is 5.28. The van der Waals surface area contributed by atoms with Crippen molar-refractivity contribution in [2.24, 2.45) is 0 Å². The molecule has 86 valence electrons. The molecule has 0 radical (unpaired) electrons. The lowest BCUT2D eigenvalue weighted by Crippen LogP contribution is -2.22. The molecule has 1 aromatic heterocycles. The Labute approximate surface area is 101 Å². The van der Waals surface area contributed by atoms with Crippen LogP contribution in [0.3, 0.4) is 0 Å². The van der Waals surface area contributed by atoms with Crippen molar-refractivity contribution in [1.29, 1.82) is 5.26 Å². The number of hydrogen-bond donors (Lipinski definition) is 0. The molecule has 1 aromatic carbocycles. The van der Waals surface area contributed by atoms with Gasteiger partial charge in [0.25, 0.3) is 0 Å². The fourth-order valence-electron chi connectivity index (χ4n) is 1.79. The normalized spacial score (nSPS) is 12.3. The van der Waals surface area contributed by atoms with Gasteiger partial charge in [-0.2, -0.15) is 5.26 Å². The van der Waals surface area contributed by atoms with Crippen LogP contribution in [0.2, 0.25) is 0 Å². The number of furan rings is 1. The van der Waals surface area contributed by atoms with Crippen molar-refractivity contribution < 1.29 is 4.42 Å². The van der Waals surface area contributed by atoms with E-state index in [9.17, 15) is 5.26 Å². The Morgan fingerprint density at radius 1 is 1.24 bits per heavy atom. The summed E-state index contributed by atoms with van der Waals surface area (Å²) in [5.74, 6) is 0.686. The first-order valence-electron chi connectivity index (χ1n) is 5.48. The predicted molar refractivity (Wildman–Crippen MR) is 65.0 cm³/mol. The number of benzene rings is 1. The molecule has 0 bridgehead atoms. The Balaban J connectivity index is 2.09. The molecular formula is C14H14N2O. The number of nitriles is 1. The van der Waals surface area contributed by atoms with Crippen LogP contribution in [0, 0.1) is 11.3 Å². The third kappa shape index (κ3) is 2.74. The van der Waals surface area contributed by atoms with Crippen molar-refractivity contribution in [3.05, 3.63) is 60.1 Å². The lowest BCUT2D eigenvalue weighted by molar-refractivity contribution is 0.252. The molecule has 0 aliphatic rings. The van der Waals surface area contributed by atoms with E-state index in [2.05, 4.69) is 6.07 Å². The highest BCUT2D eigenvalue weighted by Crippen LogP contribution is 2.20. The van der Waals surface area contributed by atoms with E-state index < -0.39 is 0 Å². The van der Waals surface area contributed by atoms with Crippen LogP contribution in [0.5, 0.6) is 0 Å². The topological polar surface area (TPSA) is 40.2 Å². The summed E-state index contributed by atoms with van der Waals surface area (Å²) in [7, 11) is 1.92. The molecule has 0 saturated carbocycles. The van der Waals surface area contributed by atoms with Gasteiger partial charge in [0.15, 0.2) is 6.04 Å². The van der Waals surface area contributed by atoms with E-state index in [-0.39, 0.29) is 6.04 Å². The minimum Gasteiger partial charge on any atom is -0.467 e. The van der Waals surface area contributed by atoms with Crippen molar-refractivity contribution in [3.8, 4) is 6.07 Å². The molecule has 2 rings (SSSR count). The van der Waals surface area contributed by atoms with Crippen molar-refractivity contribution >= 4 is 0 Å². The Morgan fingerprint density at radius 3 is 2.59 bits per heavy atom. The van der Waals surface area contributed by atoms with E-state index >= 15 is 0 Å². The first-order chi connectivity index (χ1) is 8.31. The average molecular weight is 226 g/mol. The summed E-state index contributed by atoms with van der Waals surface area (Å²) >= 11 is 0. The molecular weight excluding hydrogens is 212 g/mol. The summed E-state index contributed by atoms with van der Waals surface area (Å²) in [6.07, 6.45) is 1.59. The Hall–Kier alpha value is -2.05. The van der Waals surface area contributed by atoms with Gasteiger partial charge in [0.05, 0.1) is 12.3 Å². The molecule has 0 saturated heterocycles. The molecule has 0 amide bonds. The van der Waals surface area contributed by atoms with E-state index in [1.165, 1.54) is 5.56 Å². The summed E-state index contributed by atoms with van der Waals surface area (Å²) in [6.45, 7) is 0.722. The van der Waals surface area contributed by atoms with Crippen LogP contribution in [0.25, 0.3) is 0 Å². The first kappa shape index (κ1) is 11.4. The SMILES string of the molecule is CN(Cc1ccccc1)[C@@H](C#N)c1ccco1. The molecule has 0 aliphatic carbocycles. The highest BCUT2D eigenvalue weighted by Gasteiger charge is 2.18. The van der Waals surface area contributed by atoms with Crippen molar-refractivity contribution in [2.45, 2.75) is 12.6 Å². The lowest BCUT2D eigenvalue weighted by atomic mass is 10.1. The minimum atomic E-state index is -0.342. The van der Waals surface area contributed by atoms with Gasteiger partial charge in [-0.25, -0.2) is 0 Å². The fourth-order valence-corrected chi connectivity index (χ4v) is 1.79. The Morgan fingerprint density at radius 2 is 2.00 bits per heavy atom. The van der Waals surface area contributed by atoms with Gasteiger partial charge in [-0.3, -0.25) is 4.90 Å². The molecule has 2 aromatic rings. The minimum absolute atomic E-state index is 0.342. The fraction of sp³-hybridized carbons (Fsp3) is 0.214. The van der Waals surface area contributed by atoms with Crippen LogP contribution in [0.4, 0.5) is 0 Å². The van der Waals surface area contributed by atoms with E-state index in [0.717, 1.165) is 6.54 Å². The molecule has 1 atom stereocenters. The molecule has 1 heterocycles. The van der Waals surface area contributed by atoms with E-state index in [1.807, 2.05) is 48.3 Å². The molecule has 3 heteroatoms. The standard InChI is InChI=1S/C14H14N2O/c1-16(11-12-6-3-2-4-7-12)13(10-15)14-8-5-9-17-14/h2-9,13H,11H2,1H3/t13-/m0/s1. The van der Waals surface area contributed by atoms with Gasteiger partial charge >= 0.3 is 0 Å². The van der Waals surface area contributed by atoms with Crippen LogP contribution < -0.4 is 0 Å². The maximum absolute atomic E-state index is 9.19. The number of nitrogens with zero attached hydrogens (tertiary/aromatic N) is 2. The molecule has 0 aliphatic heterocycles. The van der Waals surface area contributed by atoms with Crippen molar-refractivity contribution in [1.82, 2.24) is 4.90 Å². The smallest absolute Gasteiger partial charge is 0.156 e. The van der Waals surface area contributed by atoms with Gasteiger partial charge in [0, 0.05) is 6.54 Å². The largest absolute Gasteiger partial charge is 0.467 e. The van der Waals surface area contributed by atoms with Crippen LogP contribution in [0.1, 0.15) is 17.4 Å².